The SMILES string of the molecule is CN(C)CCCc1cc(Br)c(Br)o1. The standard InChI is InChI=1S/C9H13Br2NO/c1-12(2)5-3-4-7-6-8(10)9(11)13-7/h6H,3-5H2,1-2H3. The van der Waals surface area contributed by atoms with Crippen LogP contribution in [0.1, 0.15) is 12.2 Å². The van der Waals surface area contributed by atoms with Crippen molar-refractivity contribution in [2.24, 2.45) is 0 Å². The lowest BCUT2D eigenvalue weighted by molar-refractivity contribution is 0.387. The van der Waals surface area contributed by atoms with E-state index < -0.39 is 0 Å². The second kappa shape index (κ2) is 5.17. The van der Waals surface area contributed by atoms with Crippen LogP contribution in [-0.4, -0.2) is 25.5 Å². The summed E-state index contributed by atoms with van der Waals surface area (Å²) in [6.07, 6.45) is 2.11. The van der Waals surface area contributed by atoms with Gasteiger partial charge in [-0.25, -0.2) is 0 Å². The highest BCUT2D eigenvalue weighted by Crippen LogP contribution is 2.27. The third-order valence-electron chi connectivity index (χ3n) is 1.72. The maximum absolute atomic E-state index is 5.45. The van der Waals surface area contributed by atoms with Gasteiger partial charge in [0.15, 0.2) is 4.67 Å². The third-order valence-corrected chi connectivity index (χ3v) is 3.43. The van der Waals surface area contributed by atoms with E-state index in [2.05, 4.69) is 50.9 Å². The lowest BCUT2D eigenvalue weighted by Crippen LogP contribution is -2.13. The number of furan rings is 1. The van der Waals surface area contributed by atoms with Crippen molar-refractivity contribution in [1.29, 1.82) is 0 Å². The van der Waals surface area contributed by atoms with Gasteiger partial charge in [0.05, 0.1) is 4.47 Å². The number of nitrogens with zero attached hydrogens (tertiary/aromatic N) is 1. The maximum Gasteiger partial charge on any atom is 0.183 e. The van der Waals surface area contributed by atoms with Crippen LogP contribution in [0.3, 0.4) is 0 Å². The normalized spacial score (nSPS) is 11.2. The molecule has 0 N–H and O–H groups in total. The van der Waals surface area contributed by atoms with Crippen LogP contribution >= 0.6 is 31.9 Å². The molecule has 1 aromatic heterocycles. The van der Waals surface area contributed by atoms with Gasteiger partial charge < -0.3 is 9.32 Å². The van der Waals surface area contributed by atoms with E-state index in [-0.39, 0.29) is 0 Å². The van der Waals surface area contributed by atoms with E-state index in [1.54, 1.807) is 0 Å². The Morgan fingerprint density at radius 3 is 2.54 bits per heavy atom. The first-order valence-electron chi connectivity index (χ1n) is 4.18. The van der Waals surface area contributed by atoms with Gasteiger partial charge in [-0.1, -0.05) is 0 Å². The predicted molar refractivity (Wildman–Crippen MR) is 61.0 cm³/mol. The smallest absolute Gasteiger partial charge is 0.183 e. The van der Waals surface area contributed by atoms with Crippen LogP contribution in [0, 0.1) is 0 Å². The molecule has 0 saturated carbocycles. The van der Waals surface area contributed by atoms with Gasteiger partial charge in [-0.15, -0.1) is 0 Å². The minimum Gasteiger partial charge on any atom is -0.453 e. The Morgan fingerprint density at radius 1 is 1.38 bits per heavy atom. The molecule has 1 aromatic rings. The molecule has 4 heteroatoms. The molecule has 2 nitrogen and oxygen atoms in total. The van der Waals surface area contributed by atoms with Crippen molar-refractivity contribution >= 4 is 31.9 Å². The minimum absolute atomic E-state index is 0.785. The molecule has 13 heavy (non-hydrogen) atoms. The predicted octanol–water partition coefficient (Wildman–Crippen LogP) is 3.30. The topological polar surface area (TPSA) is 16.4 Å². The second-order valence-corrected chi connectivity index (χ2v) is 4.82. The lowest BCUT2D eigenvalue weighted by Gasteiger charge is -2.07. The van der Waals surface area contributed by atoms with Gasteiger partial charge in [0.25, 0.3) is 0 Å². The molecule has 0 aromatic carbocycles. The Hall–Kier alpha value is 0.200. The van der Waals surface area contributed by atoms with Gasteiger partial charge in [-0.3, -0.25) is 0 Å². The first-order valence-corrected chi connectivity index (χ1v) is 5.76. The van der Waals surface area contributed by atoms with Gasteiger partial charge in [0.1, 0.15) is 5.76 Å². The molecule has 74 valence electrons. The summed E-state index contributed by atoms with van der Waals surface area (Å²) in [5, 5.41) is 0. The van der Waals surface area contributed by atoms with E-state index in [9.17, 15) is 0 Å². The molecular formula is C9H13Br2NO. The van der Waals surface area contributed by atoms with Crippen molar-refractivity contribution in [3.05, 3.63) is 21.0 Å². The summed E-state index contributed by atoms with van der Waals surface area (Å²) in [5.74, 6) is 1.03. The zero-order chi connectivity index (χ0) is 9.84. The molecule has 0 aliphatic heterocycles. The summed E-state index contributed by atoms with van der Waals surface area (Å²) in [4.78, 5) is 2.17. The number of hydrogen-bond acceptors (Lipinski definition) is 2. The summed E-state index contributed by atoms with van der Waals surface area (Å²) in [7, 11) is 4.15. The van der Waals surface area contributed by atoms with Crippen LogP contribution in [-0.2, 0) is 6.42 Å². The monoisotopic (exact) mass is 309 g/mol. The fraction of sp³-hybridized carbons (Fsp3) is 0.556. The van der Waals surface area contributed by atoms with Crippen LogP contribution in [0.4, 0.5) is 0 Å². The van der Waals surface area contributed by atoms with Crippen LogP contribution in [0.25, 0.3) is 0 Å². The van der Waals surface area contributed by atoms with Crippen LogP contribution in [0.5, 0.6) is 0 Å². The summed E-state index contributed by atoms with van der Waals surface area (Å²) in [6.45, 7) is 1.09. The van der Waals surface area contributed by atoms with E-state index in [1.807, 2.05) is 6.07 Å². The van der Waals surface area contributed by atoms with Gasteiger partial charge in [-0.2, -0.15) is 0 Å². The van der Waals surface area contributed by atoms with Crippen LogP contribution < -0.4 is 0 Å². The van der Waals surface area contributed by atoms with E-state index in [0.717, 1.165) is 34.3 Å². The van der Waals surface area contributed by atoms with E-state index in [4.69, 9.17) is 4.42 Å². The van der Waals surface area contributed by atoms with Gasteiger partial charge in [0, 0.05) is 6.42 Å². The minimum atomic E-state index is 0.785. The van der Waals surface area contributed by atoms with Crippen molar-refractivity contribution in [1.82, 2.24) is 4.90 Å². The van der Waals surface area contributed by atoms with Gasteiger partial charge in [0.2, 0.25) is 0 Å². The molecule has 0 aliphatic carbocycles. The van der Waals surface area contributed by atoms with Crippen molar-refractivity contribution in [3.8, 4) is 0 Å². The zero-order valence-corrected chi connectivity index (χ0v) is 11.0. The fourth-order valence-corrected chi connectivity index (χ4v) is 1.74. The lowest BCUT2D eigenvalue weighted by atomic mass is 10.2. The average molecular weight is 311 g/mol. The van der Waals surface area contributed by atoms with Crippen LogP contribution in [0.2, 0.25) is 0 Å². The Bertz CT molecular complexity index is 251. The molecule has 0 saturated heterocycles. The number of rotatable bonds is 4. The molecule has 1 heterocycles. The van der Waals surface area contributed by atoms with Crippen molar-refractivity contribution in [2.45, 2.75) is 12.8 Å². The zero-order valence-electron chi connectivity index (χ0n) is 7.81. The maximum atomic E-state index is 5.45. The molecule has 0 atom stereocenters. The van der Waals surface area contributed by atoms with E-state index in [1.165, 1.54) is 0 Å². The Kier molecular flexibility index (Phi) is 4.49. The first kappa shape index (κ1) is 11.3. The third kappa shape index (κ3) is 3.83. The summed E-state index contributed by atoms with van der Waals surface area (Å²) in [6, 6.07) is 2.01. The molecule has 0 spiro atoms. The highest BCUT2D eigenvalue weighted by molar-refractivity contribution is 9.13. The van der Waals surface area contributed by atoms with E-state index >= 15 is 0 Å². The first-order chi connectivity index (χ1) is 6.09. The summed E-state index contributed by atoms with van der Waals surface area (Å²) >= 11 is 6.70. The molecular weight excluding hydrogens is 298 g/mol. The van der Waals surface area contributed by atoms with Gasteiger partial charge in [-0.05, 0) is 65.0 Å². The molecule has 0 amide bonds. The largest absolute Gasteiger partial charge is 0.453 e. The van der Waals surface area contributed by atoms with E-state index in [0.29, 0.717) is 0 Å². The molecule has 0 fully saturated rings. The van der Waals surface area contributed by atoms with Crippen molar-refractivity contribution in [2.75, 3.05) is 20.6 Å². The molecule has 1 rings (SSSR count). The summed E-state index contributed by atoms with van der Waals surface area (Å²) in [5.41, 5.74) is 0. The van der Waals surface area contributed by atoms with Crippen molar-refractivity contribution in [3.63, 3.8) is 0 Å². The van der Waals surface area contributed by atoms with Crippen LogP contribution in [0.15, 0.2) is 19.6 Å². The number of aryl methyl sites for hydroxylation is 1. The molecule has 0 bridgehead atoms. The summed E-state index contributed by atoms with van der Waals surface area (Å²) < 4.78 is 7.22. The highest BCUT2D eigenvalue weighted by atomic mass is 79.9. The Balaban J connectivity index is 2.37. The Labute approximate surface area is 95.5 Å². The molecule has 0 radical (unpaired) electrons. The molecule has 0 aliphatic rings. The van der Waals surface area contributed by atoms with Gasteiger partial charge >= 0.3 is 0 Å². The average Bonchev–Trinajstić information content (AvgIpc) is 2.30. The van der Waals surface area contributed by atoms with Crippen molar-refractivity contribution < 1.29 is 4.42 Å². The fourth-order valence-electron chi connectivity index (χ4n) is 1.08. The Morgan fingerprint density at radius 2 is 2.08 bits per heavy atom. The quantitative estimate of drug-likeness (QED) is 0.848. The number of hydrogen-bond donors (Lipinski definition) is 0. The molecule has 0 unspecified atom stereocenters. The number of halogens is 2. The second-order valence-electron chi connectivity index (χ2n) is 3.24. The highest BCUT2D eigenvalue weighted by Gasteiger charge is 2.05.